The topological polar surface area (TPSA) is 54.4 Å². The highest BCUT2D eigenvalue weighted by Crippen LogP contribution is 2.17. The van der Waals surface area contributed by atoms with Crippen LogP contribution >= 0.6 is 11.3 Å². The molecule has 1 rings (SSSR count). The number of hydrogen-bond acceptors (Lipinski definition) is 5. The zero-order chi connectivity index (χ0) is 10.9. The molecule has 1 aromatic rings. The summed E-state index contributed by atoms with van der Waals surface area (Å²) in [7, 11) is 0. The molecule has 86 valence electrons. The predicted molar refractivity (Wildman–Crippen MR) is 61.1 cm³/mol. The monoisotopic (exact) mass is 230 g/mol. The summed E-state index contributed by atoms with van der Waals surface area (Å²) in [5.41, 5.74) is 0. The molecular weight excluding hydrogens is 212 g/mol. The van der Waals surface area contributed by atoms with Crippen LogP contribution in [0.2, 0.25) is 0 Å². The first-order valence-corrected chi connectivity index (χ1v) is 6.07. The van der Waals surface area contributed by atoms with E-state index in [0.717, 1.165) is 18.0 Å². The highest BCUT2D eigenvalue weighted by Gasteiger charge is 2.09. The van der Waals surface area contributed by atoms with Gasteiger partial charge < -0.3 is 15.2 Å². The molecule has 1 heterocycles. The number of thiazole rings is 1. The van der Waals surface area contributed by atoms with Crippen LogP contribution in [0.25, 0.3) is 0 Å². The van der Waals surface area contributed by atoms with E-state index in [1.54, 1.807) is 11.3 Å². The molecule has 1 aromatic heterocycles. The van der Waals surface area contributed by atoms with E-state index in [9.17, 15) is 0 Å². The van der Waals surface area contributed by atoms with Crippen LogP contribution in [0.4, 0.5) is 0 Å². The second-order valence-corrected chi connectivity index (χ2v) is 4.05. The molecule has 0 aliphatic heterocycles. The second kappa shape index (κ2) is 7.76. The average Bonchev–Trinajstić information content (AvgIpc) is 2.77. The number of hydrogen-bond donors (Lipinski definition) is 2. The van der Waals surface area contributed by atoms with Crippen molar-refractivity contribution in [2.75, 3.05) is 26.4 Å². The van der Waals surface area contributed by atoms with E-state index in [1.807, 2.05) is 11.6 Å². The molecule has 15 heavy (non-hydrogen) atoms. The third-order valence-corrected chi connectivity index (χ3v) is 2.92. The Morgan fingerprint density at radius 2 is 2.47 bits per heavy atom. The van der Waals surface area contributed by atoms with Gasteiger partial charge in [0.05, 0.1) is 25.9 Å². The summed E-state index contributed by atoms with van der Waals surface area (Å²) in [5, 5.41) is 15.0. The van der Waals surface area contributed by atoms with Crippen LogP contribution in [-0.4, -0.2) is 36.5 Å². The molecule has 0 fully saturated rings. The number of nitrogens with zero attached hydrogens (tertiary/aromatic N) is 1. The van der Waals surface area contributed by atoms with Crippen LogP contribution in [-0.2, 0) is 4.74 Å². The average molecular weight is 230 g/mol. The van der Waals surface area contributed by atoms with Crippen molar-refractivity contribution in [1.29, 1.82) is 0 Å². The lowest BCUT2D eigenvalue weighted by atomic mass is 10.2. The van der Waals surface area contributed by atoms with Crippen molar-refractivity contribution in [3.8, 4) is 0 Å². The SMILES string of the molecule is CCC(NCCOCCO)c1nccs1. The number of aromatic nitrogens is 1. The van der Waals surface area contributed by atoms with Crippen molar-refractivity contribution in [2.24, 2.45) is 0 Å². The number of nitrogens with one attached hydrogen (secondary N) is 1. The van der Waals surface area contributed by atoms with Gasteiger partial charge in [0.15, 0.2) is 0 Å². The molecule has 0 radical (unpaired) electrons. The first-order valence-electron chi connectivity index (χ1n) is 5.19. The smallest absolute Gasteiger partial charge is 0.109 e. The number of aliphatic hydroxyl groups excluding tert-OH is 1. The molecule has 0 saturated carbocycles. The molecule has 1 unspecified atom stereocenters. The maximum Gasteiger partial charge on any atom is 0.109 e. The summed E-state index contributed by atoms with van der Waals surface area (Å²) in [6, 6.07) is 0.322. The molecule has 0 spiro atoms. The van der Waals surface area contributed by atoms with E-state index in [2.05, 4.69) is 17.2 Å². The Hall–Kier alpha value is -0.490. The highest BCUT2D eigenvalue weighted by molar-refractivity contribution is 7.09. The standard InChI is InChI=1S/C10H18N2O2S/c1-2-9(10-12-4-8-15-10)11-3-6-14-7-5-13/h4,8-9,11,13H,2-3,5-7H2,1H3. The number of ether oxygens (including phenoxy) is 1. The quantitative estimate of drug-likeness (QED) is 0.659. The zero-order valence-electron chi connectivity index (χ0n) is 8.98. The lowest BCUT2D eigenvalue weighted by Gasteiger charge is -2.14. The largest absolute Gasteiger partial charge is 0.394 e. The molecule has 4 nitrogen and oxygen atoms in total. The van der Waals surface area contributed by atoms with E-state index in [-0.39, 0.29) is 6.61 Å². The number of aliphatic hydroxyl groups is 1. The fourth-order valence-electron chi connectivity index (χ4n) is 1.28. The van der Waals surface area contributed by atoms with Gasteiger partial charge in [-0.3, -0.25) is 0 Å². The molecule has 0 saturated heterocycles. The predicted octanol–water partition coefficient (Wildman–Crippen LogP) is 1.19. The summed E-state index contributed by atoms with van der Waals surface area (Å²) in [4.78, 5) is 4.28. The first kappa shape index (κ1) is 12.6. The Bertz CT molecular complexity index is 242. The molecular formula is C10H18N2O2S. The molecule has 0 aliphatic rings. The van der Waals surface area contributed by atoms with Crippen LogP contribution in [0.15, 0.2) is 11.6 Å². The van der Waals surface area contributed by atoms with Crippen molar-refractivity contribution < 1.29 is 9.84 Å². The normalized spacial score (nSPS) is 12.9. The Kier molecular flexibility index (Phi) is 6.50. The van der Waals surface area contributed by atoms with E-state index >= 15 is 0 Å². The van der Waals surface area contributed by atoms with Crippen molar-refractivity contribution in [3.63, 3.8) is 0 Å². The van der Waals surface area contributed by atoms with Gasteiger partial charge in [0.25, 0.3) is 0 Å². The van der Waals surface area contributed by atoms with E-state index in [4.69, 9.17) is 9.84 Å². The zero-order valence-corrected chi connectivity index (χ0v) is 9.80. The van der Waals surface area contributed by atoms with Crippen LogP contribution in [0.5, 0.6) is 0 Å². The molecule has 0 bridgehead atoms. The van der Waals surface area contributed by atoms with Gasteiger partial charge in [-0.1, -0.05) is 6.92 Å². The minimum absolute atomic E-state index is 0.0870. The van der Waals surface area contributed by atoms with Gasteiger partial charge in [-0.05, 0) is 6.42 Å². The van der Waals surface area contributed by atoms with Gasteiger partial charge in [0.2, 0.25) is 0 Å². The second-order valence-electron chi connectivity index (χ2n) is 3.12. The molecule has 2 N–H and O–H groups in total. The summed E-state index contributed by atoms with van der Waals surface area (Å²) >= 11 is 1.67. The fourth-order valence-corrected chi connectivity index (χ4v) is 2.08. The molecule has 0 aliphatic carbocycles. The van der Waals surface area contributed by atoms with Crippen molar-refractivity contribution in [2.45, 2.75) is 19.4 Å². The first-order chi connectivity index (χ1) is 7.38. The van der Waals surface area contributed by atoms with Crippen LogP contribution < -0.4 is 5.32 Å². The lowest BCUT2D eigenvalue weighted by molar-refractivity contribution is 0.0925. The highest BCUT2D eigenvalue weighted by atomic mass is 32.1. The maximum absolute atomic E-state index is 8.52. The minimum Gasteiger partial charge on any atom is -0.394 e. The van der Waals surface area contributed by atoms with Crippen LogP contribution in [0.1, 0.15) is 24.4 Å². The molecule has 1 atom stereocenters. The molecule has 0 aromatic carbocycles. The van der Waals surface area contributed by atoms with Gasteiger partial charge in [-0.2, -0.15) is 0 Å². The van der Waals surface area contributed by atoms with E-state index < -0.39 is 0 Å². The van der Waals surface area contributed by atoms with Gasteiger partial charge in [-0.25, -0.2) is 4.98 Å². The molecule has 5 heteroatoms. The summed E-state index contributed by atoms with van der Waals surface area (Å²) < 4.78 is 5.17. The van der Waals surface area contributed by atoms with Crippen molar-refractivity contribution in [3.05, 3.63) is 16.6 Å². The maximum atomic E-state index is 8.52. The van der Waals surface area contributed by atoms with Crippen LogP contribution in [0.3, 0.4) is 0 Å². The van der Waals surface area contributed by atoms with E-state index in [1.165, 1.54) is 0 Å². The van der Waals surface area contributed by atoms with Crippen molar-refractivity contribution >= 4 is 11.3 Å². The third-order valence-electron chi connectivity index (χ3n) is 2.03. The van der Waals surface area contributed by atoms with Gasteiger partial charge >= 0.3 is 0 Å². The Morgan fingerprint density at radius 3 is 3.07 bits per heavy atom. The van der Waals surface area contributed by atoms with Gasteiger partial charge in [0.1, 0.15) is 5.01 Å². The Labute approximate surface area is 94.3 Å². The van der Waals surface area contributed by atoms with Crippen LogP contribution in [0, 0.1) is 0 Å². The minimum atomic E-state index is 0.0870. The summed E-state index contributed by atoms with van der Waals surface area (Å²) in [6.07, 6.45) is 2.85. The summed E-state index contributed by atoms with van der Waals surface area (Å²) in [6.45, 7) is 4.05. The lowest BCUT2D eigenvalue weighted by Crippen LogP contribution is -2.25. The van der Waals surface area contributed by atoms with E-state index in [0.29, 0.717) is 19.3 Å². The summed E-state index contributed by atoms with van der Waals surface area (Å²) in [5.74, 6) is 0. The van der Waals surface area contributed by atoms with Gasteiger partial charge in [0, 0.05) is 18.1 Å². The van der Waals surface area contributed by atoms with Gasteiger partial charge in [-0.15, -0.1) is 11.3 Å². The molecule has 0 amide bonds. The van der Waals surface area contributed by atoms with Crippen molar-refractivity contribution in [1.82, 2.24) is 10.3 Å². The Balaban J connectivity index is 2.18. The number of rotatable bonds is 8. The fraction of sp³-hybridized carbons (Fsp3) is 0.700. The third kappa shape index (κ3) is 4.70. The Morgan fingerprint density at radius 1 is 1.60 bits per heavy atom.